The zero-order chi connectivity index (χ0) is 15.2. The molecule has 1 amide bonds. The van der Waals surface area contributed by atoms with E-state index >= 15 is 0 Å². The van der Waals surface area contributed by atoms with Gasteiger partial charge in [-0.15, -0.1) is 0 Å². The van der Waals surface area contributed by atoms with Crippen molar-refractivity contribution in [2.24, 2.45) is 5.92 Å². The number of carbonyl (C=O) groups excluding carboxylic acids is 1. The van der Waals surface area contributed by atoms with E-state index in [4.69, 9.17) is 4.74 Å². The van der Waals surface area contributed by atoms with Crippen LogP contribution in [0.4, 0.5) is 0 Å². The lowest BCUT2D eigenvalue weighted by molar-refractivity contribution is -0.142. The second kappa shape index (κ2) is 7.11. The van der Waals surface area contributed by atoms with E-state index in [0.29, 0.717) is 24.2 Å². The molecule has 0 radical (unpaired) electrons. The third kappa shape index (κ3) is 3.97. The van der Waals surface area contributed by atoms with Crippen LogP contribution in [0.25, 0.3) is 0 Å². The Morgan fingerprint density at radius 1 is 1.24 bits per heavy atom. The van der Waals surface area contributed by atoms with Gasteiger partial charge in [0, 0.05) is 11.6 Å². The molecule has 0 bridgehead atoms. The molecule has 0 saturated heterocycles. The quantitative estimate of drug-likeness (QED) is 0.836. The van der Waals surface area contributed by atoms with Crippen LogP contribution in [0.2, 0.25) is 0 Å². The van der Waals surface area contributed by atoms with Crippen LogP contribution < -0.4 is 10.1 Å². The van der Waals surface area contributed by atoms with Gasteiger partial charge in [-0.25, -0.2) is 0 Å². The highest BCUT2D eigenvalue weighted by Gasteiger charge is 2.30. The summed E-state index contributed by atoms with van der Waals surface area (Å²) in [5, 5.41) is 12.2. The molecule has 1 aromatic rings. The van der Waals surface area contributed by atoms with Crippen LogP contribution >= 0.6 is 0 Å². The summed E-state index contributed by atoms with van der Waals surface area (Å²) in [6.07, 6.45) is 4.22. The van der Waals surface area contributed by atoms with Gasteiger partial charge in [0.25, 0.3) is 5.91 Å². The maximum absolute atomic E-state index is 12.3. The first-order chi connectivity index (χ1) is 10.1. The Morgan fingerprint density at radius 2 is 2.00 bits per heavy atom. The fourth-order valence-corrected chi connectivity index (χ4v) is 2.79. The maximum atomic E-state index is 12.3. The minimum Gasteiger partial charge on any atom is -0.497 e. The lowest BCUT2D eigenvalue weighted by Crippen LogP contribution is -2.42. The monoisotopic (exact) mass is 291 g/mol. The van der Waals surface area contributed by atoms with Gasteiger partial charge in [-0.2, -0.15) is 0 Å². The second-order valence-electron chi connectivity index (χ2n) is 5.39. The summed E-state index contributed by atoms with van der Waals surface area (Å²) in [5.74, 6) is -0.958. The van der Waals surface area contributed by atoms with Gasteiger partial charge in [0.05, 0.1) is 13.0 Å². The summed E-state index contributed by atoms with van der Waals surface area (Å²) in [5.41, 5.74) is 0.489. The fraction of sp³-hybridized carbons (Fsp3) is 0.500. The minimum absolute atomic E-state index is 0.243. The number of carboxylic acid groups (broad SMARTS) is 1. The zero-order valence-electron chi connectivity index (χ0n) is 12.2. The van der Waals surface area contributed by atoms with Gasteiger partial charge in [0.1, 0.15) is 5.75 Å². The predicted molar refractivity (Wildman–Crippen MR) is 78.5 cm³/mol. The third-order valence-electron chi connectivity index (χ3n) is 3.98. The molecule has 1 aromatic carbocycles. The van der Waals surface area contributed by atoms with Crippen molar-refractivity contribution >= 4 is 11.9 Å². The Hall–Kier alpha value is -2.04. The summed E-state index contributed by atoms with van der Waals surface area (Å²) < 4.78 is 5.10. The first-order valence-corrected chi connectivity index (χ1v) is 7.29. The van der Waals surface area contributed by atoms with E-state index in [-0.39, 0.29) is 11.9 Å². The van der Waals surface area contributed by atoms with Gasteiger partial charge in [0.2, 0.25) is 0 Å². The first-order valence-electron chi connectivity index (χ1n) is 7.29. The van der Waals surface area contributed by atoms with Crippen molar-refractivity contribution < 1.29 is 19.4 Å². The summed E-state index contributed by atoms with van der Waals surface area (Å²) >= 11 is 0. The number of rotatable bonds is 4. The molecule has 5 heteroatoms. The number of benzene rings is 1. The first kappa shape index (κ1) is 15.4. The molecule has 2 N–H and O–H groups in total. The summed E-state index contributed by atoms with van der Waals surface area (Å²) in [4.78, 5) is 23.7. The van der Waals surface area contributed by atoms with E-state index < -0.39 is 11.9 Å². The van der Waals surface area contributed by atoms with Crippen molar-refractivity contribution in [3.05, 3.63) is 29.8 Å². The van der Waals surface area contributed by atoms with Crippen molar-refractivity contribution in [2.45, 2.75) is 38.1 Å². The van der Waals surface area contributed by atoms with Crippen LogP contribution in [-0.2, 0) is 4.79 Å². The number of nitrogens with one attached hydrogen (secondary N) is 1. The highest BCUT2D eigenvalue weighted by atomic mass is 16.5. The number of carbonyl (C=O) groups is 2. The number of hydrogen-bond acceptors (Lipinski definition) is 3. The van der Waals surface area contributed by atoms with Crippen LogP contribution in [0, 0.1) is 5.92 Å². The van der Waals surface area contributed by atoms with Crippen molar-refractivity contribution in [3.8, 4) is 5.75 Å². The van der Waals surface area contributed by atoms with Crippen LogP contribution in [0.1, 0.15) is 42.5 Å². The molecule has 1 aliphatic carbocycles. The molecular formula is C16H21NO4. The molecule has 21 heavy (non-hydrogen) atoms. The number of hydrogen-bond donors (Lipinski definition) is 2. The Kier molecular flexibility index (Phi) is 5.20. The van der Waals surface area contributed by atoms with Crippen molar-refractivity contribution in [2.75, 3.05) is 7.11 Å². The molecule has 2 unspecified atom stereocenters. The van der Waals surface area contributed by atoms with E-state index in [1.54, 1.807) is 31.4 Å². The largest absolute Gasteiger partial charge is 0.497 e. The number of amides is 1. The summed E-state index contributed by atoms with van der Waals surface area (Å²) in [7, 11) is 1.54. The van der Waals surface area contributed by atoms with Crippen LogP contribution in [0.5, 0.6) is 5.75 Å². The molecular weight excluding hydrogens is 270 g/mol. The molecule has 114 valence electrons. The van der Waals surface area contributed by atoms with E-state index in [9.17, 15) is 14.7 Å². The number of ether oxygens (including phenoxy) is 1. The van der Waals surface area contributed by atoms with Crippen molar-refractivity contribution in [3.63, 3.8) is 0 Å². The minimum atomic E-state index is -0.826. The molecule has 2 atom stereocenters. The van der Waals surface area contributed by atoms with Gasteiger partial charge in [-0.1, -0.05) is 25.3 Å². The highest BCUT2D eigenvalue weighted by Crippen LogP contribution is 2.24. The van der Waals surface area contributed by atoms with E-state index in [1.807, 2.05) is 0 Å². The fourth-order valence-electron chi connectivity index (χ4n) is 2.79. The maximum Gasteiger partial charge on any atom is 0.308 e. The topological polar surface area (TPSA) is 75.6 Å². The van der Waals surface area contributed by atoms with Gasteiger partial charge in [0.15, 0.2) is 0 Å². The molecule has 0 aliphatic heterocycles. The average Bonchev–Trinajstić information content (AvgIpc) is 2.72. The third-order valence-corrected chi connectivity index (χ3v) is 3.98. The number of carboxylic acids is 1. The Balaban J connectivity index is 2.10. The summed E-state index contributed by atoms with van der Waals surface area (Å²) in [6.45, 7) is 0. The van der Waals surface area contributed by atoms with Gasteiger partial charge >= 0.3 is 5.97 Å². The molecule has 1 aliphatic rings. The predicted octanol–water partition coefficient (Wildman–Crippen LogP) is 2.46. The highest BCUT2D eigenvalue weighted by molar-refractivity contribution is 5.95. The molecule has 1 saturated carbocycles. The molecule has 0 aromatic heterocycles. The normalized spacial score (nSPS) is 22.1. The lowest BCUT2D eigenvalue weighted by Gasteiger charge is -2.23. The molecule has 0 spiro atoms. The van der Waals surface area contributed by atoms with E-state index in [1.165, 1.54) is 0 Å². The zero-order valence-corrected chi connectivity index (χ0v) is 12.2. The van der Waals surface area contributed by atoms with Gasteiger partial charge < -0.3 is 15.2 Å². The molecule has 5 nitrogen and oxygen atoms in total. The van der Waals surface area contributed by atoms with Crippen LogP contribution in [0.15, 0.2) is 24.3 Å². The van der Waals surface area contributed by atoms with Crippen LogP contribution in [-0.4, -0.2) is 30.1 Å². The Bertz CT molecular complexity index is 515. The van der Waals surface area contributed by atoms with Gasteiger partial charge in [-0.3, -0.25) is 9.59 Å². The van der Waals surface area contributed by atoms with Crippen molar-refractivity contribution in [1.82, 2.24) is 5.32 Å². The molecule has 0 heterocycles. The standard InChI is InChI=1S/C16H21NO4/c1-21-12-7-5-6-11(10-12)15(18)17-14-9-4-2-3-8-13(14)16(19)20/h5-7,10,13-14H,2-4,8-9H2,1H3,(H,17,18)(H,19,20). The average molecular weight is 291 g/mol. The van der Waals surface area contributed by atoms with E-state index in [0.717, 1.165) is 19.3 Å². The SMILES string of the molecule is COc1cccc(C(=O)NC2CCCCCC2C(=O)O)c1. The lowest BCUT2D eigenvalue weighted by atomic mass is 9.94. The Morgan fingerprint density at radius 3 is 2.71 bits per heavy atom. The molecule has 1 fully saturated rings. The van der Waals surface area contributed by atoms with E-state index in [2.05, 4.69) is 5.32 Å². The number of aliphatic carboxylic acids is 1. The van der Waals surface area contributed by atoms with Crippen molar-refractivity contribution in [1.29, 1.82) is 0 Å². The Labute approximate surface area is 124 Å². The smallest absolute Gasteiger partial charge is 0.308 e. The molecule has 2 rings (SSSR count). The van der Waals surface area contributed by atoms with Crippen LogP contribution in [0.3, 0.4) is 0 Å². The number of methoxy groups -OCH3 is 1. The second-order valence-corrected chi connectivity index (χ2v) is 5.39. The summed E-state index contributed by atoms with van der Waals surface area (Å²) in [6, 6.07) is 6.56. The van der Waals surface area contributed by atoms with Gasteiger partial charge in [-0.05, 0) is 31.0 Å².